The van der Waals surface area contributed by atoms with E-state index in [0.717, 1.165) is 50.5 Å². The molecule has 1 spiro atoms. The predicted octanol–water partition coefficient (Wildman–Crippen LogP) is 5.07. The lowest BCUT2D eigenvalue weighted by Crippen LogP contribution is -2.41. The molecule has 0 N–H and O–H groups in total. The van der Waals surface area contributed by atoms with Crippen molar-refractivity contribution in [2.75, 3.05) is 18.0 Å². The summed E-state index contributed by atoms with van der Waals surface area (Å²) in [6, 6.07) is 19.9. The van der Waals surface area contributed by atoms with E-state index in [1.54, 1.807) is 0 Å². The molecule has 3 aliphatic rings. The Hall–Kier alpha value is -2.54. The second-order valence-electron chi connectivity index (χ2n) is 7.35. The van der Waals surface area contributed by atoms with Crippen LogP contribution in [-0.2, 0) is 10.3 Å². The quantitative estimate of drug-likeness (QED) is 0.360. The second kappa shape index (κ2) is 5.73. The van der Waals surface area contributed by atoms with E-state index in [-0.39, 0.29) is 5.97 Å². The van der Waals surface area contributed by atoms with Crippen LogP contribution in [0.2, 0.25) is 0 Å². The van der Waals surface area contributed by atoms with Crippen molar-refractivity contribution in [3.8, 4) is 11.5 Å². The highest BCUT2D eigenvalue weighted by Crippen LogP contribution is 2.58. The van der Waals surface area contributed by atoms with Crippen molar-refractivity contribution in [2.24, 2.45) is 0 Å². The van der Waals surface area contributed by atoms with Gasteiger partial charge in [-0.1, -0.05) is 24.3 Å². The molecule has 0 aromatic heterocycles. The summed E-state index contributed by atoms with van der Waals surface area (Å²) in [4.78, 5) is 15.3. The minimum absolute atomic E-state index is 0.285. The summed E-state index contributed by atoms with van der Waals surface area (Å²) in [5.74, 6) is 1.20. The van der Waals surface area contributed by atoms with Crippen molar-refractivity contribution in [2.45, 2.75) is 12.0 Å². The highest BCUT2D eigenvalue weighted by Gasteiger charge is 2.55. The molecule has 3 aromatic rings. The molecule has 1 fully saturated rings. The maximum atomic E-state index is 13.0. The summed E-state index contributed by atoms with van der Waals surface area (Å²) in [5, 5.41) is 0. The van der Waals surface area contributed by atoms with Crippen molar-refractivity contribution in [3.05, 3.63) is 86.5 Å². The fourth-order valence-electron chi connectivity index (χ4n) is 4.50. The van der Waals surface area contributed by atoms with E-state index in [2.05, 4.69) is 39.6 Å². The summed E-state index contributed by atoms with van der Waals surface area (Å²) in [5.41, 5.74) is 3.44. The number of carbonyl (C=O) groups is 1. The highest BCUT2D eigenvalue weighted by molar-refractivity contribution is 14.1. The van der Waals surface area contributed by atoms with E-state index in [9.17, 15) is 4.79 Å². The van der Waals surface area contributed by atoms with Crippen molar-refractivity contribution in [1.82, 2.24) is 0 Å². The average molecular weight is 481 g/mol. The first kappa shape index (κ1) is 16.4. The molecule has 1 saturated heterocycles. The summed E-state index contributed by atoms with van der Waals surface area (Å²) >= 11 is 2.29. The van der Waals surface area contributed by atoms with Gasteiger partial charge >= 0.3 is 5.97 Å². The summed E-state index contributed by atoms with van der Waals surface area (Å²) < 4.78 is 13.6. The van der Waals surface area contributed by atoms with Gasteiger partial charge in [-0.05, 0) is 65.4 Å². The number of hydrogen-bond acceptors (Lipinski definition) is 4. The Morgan fingerprint density at radius 3 is 2.57 bits per heavy atom. The SMILES string of the molecule is O=C1OC2(c3ccccc3Oc3cccc(N4CCC4)c32)c2cc(I)ccc21. The zero-order valence-electron chi connectivity index (χ0n) is 14.9. The second-order valence-corrected chi connectivity index (χ2v) is 8.60. The number of benzene rings is 3. The highest BCUT2D eigenvalue weighted by atomic mass is 127. The van der Waals surface area contributed by atoms with Gasteiger partial charge in [-0.25, -0.2) is 4.79 Å². The predicted molar refractivity (Wildman–Crippen MR) is 114 cm³/mol. The lowest BCUT2D eigenvalue weighted by Gasteiger charge is -2.42. The maximum Gasteiger partial charge on any atom is 0.340 e. The topological polar surface area (TPSA) is 38.8 Å². The standard InChI is InChI=1S/C23H16INO3/c24-14-9-10-15-17(13-14)23(28-22(15)26)16-5-1-2-7-19(16)27-20-8-3-6-18(21(20)23)25-11-4-12-25/h1-3,5-10,13H,4,11-12H2. The molecule has 1 unspecified atom stereocenters. The molecule has 28 heavy (non-hydrogen) atoms. The van der Waals surface area contributed by atoms with E-state index < -0.39 is 5.60 Å². The third-order valence-corrected chi connectivity index (χ3v) is 6.54. The molecule has 3 aliphatic heterocycles. The normalized spacial score (nSPS) is 21.3. The molecule has 138 valence electrons. The minimum Gasteiger partial charge on any atom is -0.456 e. The number of nitrogens with zero attached hydrogens (tertiary/aromatic N) is 1. The van der Waals surface area contributed by atoms with E-state index in [1.807, 2.05) is 48.5 Å². The third kappa shape index (κ3) is 2.02. The molecule has 0 radical (unpaired) electrons. The Bertz CT molecular complexity index is 1150. The summed E-state index contributed by atoms with van der Waals surface area (Å²) in [6.45, 7) is 2.00. The van der Waals surface area contributed by atoms with Crippen LogP contribution in [0.3, 0.4) is 0 Å². The lowest BCUT2D eigenvalue weighted by molar-refractivity contribution is 0.0225. The number of hydrogen-bond donors (Lipinski definition) is 0. The lowest BCUT2D eigenvalue weighted by atomic mass is 9.76. The van der Waals surface area contributed by atoms with Crippen LogP contribution < -0.4 is 9.64 Å². The average Bonchev–Trinajstić information content (AvgIpc) is 2.93. The number of rotatable bonds is 1. The van der Waals surface area contributed by atoms with E-state index in [0.29, 0.717) is 5.56 Å². The molecule has 3 heterocycles. The van der Waals surface area contributed by atoms with Crippen LogP contribution in [0.15, 0.2) is 60.7 Å². The van der Waals surface area contributed by atoms with E-state index in [4.69, 9.17) is 9.47 Å². The largest absolute Gasteiger partial charge is 0.456 e. The zero-order chi connectivity index (χ0) is 18.9. The number of para-hydroxylation sites is 1. The molecule has 1 atom stereocenters. The molecule has 0 saturated carbocycles. The zero-order valence-corrected chi connectivity index (χ0v) is 17.1. The Kier molecular flexibility index (Phi) is 3.36. The summed E-state index contributed by atoms with van der Waals surface area (Å²) in [7, 11) is 0. The molecule has 0 bridgehead atoms. The molecule has 0 amide bonds. The van der Waals surface area contributed by atoms with Crippen LogP contribution in [0, 0.1) is 3.57 Å². The first-order valence-electron chi connectivity index (χ1n) is 9.38. The van der Waals surface area contributed by atoms with Crippen LogP contribution in [0.5, 0.6) is 11.5 Å². The van der Waals surface area contributed by atoms with E-state index >= 15 is 0 Å². The molecular formula is C23H16INO3. The van der Waals surface area contributed by atoms with E-state index in [1.165, 1.54) is 6.42 Å². The van der Waals surface area contributed by atoms with Gasteiger partial charge in [-0.2, -0.15) is 0 Å². The van der Waals surface area contributed by atoms with Crippen molar-refractivity contribution in [1.29, 1.82) is 0 Å². The van der Waals surface area contributed by atoms with Crippen LogP contribution in [-0.4, -0.2) is 19.1 Å². The first-order valence-corrected chi connectivity index (χ1v) is 10.5. The number of anilines is 1. The van der Waals surface area contributed by atoms with Gasteiger partial charge in [0.15, 0.2) is 5.60 Å². The molecular weight excluding hydrogens is 465 g/mol. The molecule has 6 rings (SSSR count). The van der Waals surface area contributed by atoms with Crippen molar-refractivity contribution in [3.63, 3.8) is 0 Å². The van der Waals surface area contributed by atoms with Gasteiger partial charge in [-0.3, -0.25) is 0 Å². The Balaban J connectivity index is 1.74. The van der Waals surface area contributed by atoms with Crippen molar-refractivity contribution >= 4 is 34.2 Å². The summed E-state index contributed by atoms with van der Waals surface area (Å²) in [6.07, 6.45) is 1.17. The van der Waals surface area contributed by atoms with Gasteiger partial charge < -0.3 is 14.4 Å². The van der Waals surface area contributed by atoms with Gasteiger partial charge in [0.1, 0.15) is 11.5 Å². The number of fused-ring (bicyclic) bond motifs is 6. The monoisotopic (exact) mass is 481 g/mol. The minimum atomic E-state index is -0.982. The maximum absolute atomic E-state index is 13.0. The third-order valence-electron chi connectivity index (χ3n) is 5.87. The number of halogens is 1. The Labute approximate surface area is 176 Å². The van der Waals surface area contributed by atoms with Gasteiger partial charge in [0, 0.05) is 33.5 Å². The Morgan fingerprint density at radius 2 is 1.75 bits per heavy atom. The molecule has 0 aliphatic carbocycles. The number of esters is 1. The van der Waals surface area contributed by atoms with Gasteiger partial charge in [0.25, 0.3) is 0 Å². The van der Waals surface area contributed by atoms with Gasteiger partial charge in [-0.15, -0.1) is 0 Å². The number of ether oxygens (including phenoxy) is 2. The fraction of sp³-hybridized carbons (Fsp3) is 0.174. The van der Waals surface area contributed by atoms with Crippen molar-refractivity contribution < 1.29 is 14.3 Å². The molecule has 4 nitrogen and oxygen atoms in total. The van der Waals surface area contributed by atoms with Gasteiger partial charge in [0.05, 0.1) is 11.1 Å². The smallest absolute Gasteiger partial charge is 0.340 e. The van der Waals surface area contributed by atoms with Gasteiger partial charge in [0.2, 0.25) is 0 Å². The fourth-order valence-corrected chi connectivity index (χ4v) is 4.99. The molecule has 5 heteroatoms. The number of carbonyl (C=O) groups excluding carboxylic acids is 1. The first-order chi connectivity index (χ1) is 13.7. The van der Waals surface area contributed by atoms with Crippen LogP contribution in [0.1, 0.15) is 33.5 Å². The Morgan fingerprint density at radius 1 is 0.929 bits per heavy atom. The van der Waals surface area contributed by atoms with Crippen LogP contribution >= 0.6 is 22.6 Å². The van der Waals surface area contributed by atoms with Crippen LogP contribution in [0.25, 0.3) is 0 Å². The van der Waals surface area contributed by atoms with Crippen LogP contribution in [0.4, 0.5) is 5.69 Å². The molecule has 3 aromatic carbocycles.